The standard InChI is InChI=1S/C9H6Cl2N4/c10-7-3-1-2-6(9(7)11)8(4-12)15-14-5-13/h1-3,5H,(H2,13,14)/b15-8+. The lowest BCUT2D eigenvalue weighted by molar-refractivity contribution is 1.24. The molecule has 0 aliphatic heterocycles. The highest BCUT2D eigenvalue weighted by molar-refractivity contribution is 6.44. The lowest BCUT2D eigenvalue weighted by atomic mass is 10.1. The summed E-state index contributed by atoms with van der Waals surface area (Å²) in [5.41, 5.74) is 5.50. The minimum atomic E-state index is 0.0594. The molecule has 0 saturated carbocycles. The van der Waals surface area contributed by atoms with Crippen LogP contribution >= 0.6 is 23.2 Å². The average Bonchev–Trinajstić information content (AvgIpc) is 2.25. The largest absolute Gasteiger partial charge is 0.388 e. The second-order valence-electron chi connectivity index (χ2n) is 2.43. The van der Waals surface area contributed by atoms with Gasteiger partial charge in [-0.05, 0) is 6.07 Å². The Morgan fingerprint density at radius 2 is 2.20 bits per heavy atom. The zero-order valence-electron chi connectivity index (χ0n) is 7.48. The van der Waals surface area contributed by atoms with Gasteiger partial charge in [-0.15, -0.1) is 10.2 Å². The molecule has 0 heterocycles. The van der Waals surface area contributed by atoms with E-state index in [1.54, 1.807) is 18.2 Å². The number of rotatable bonds is 2. The van der Waals surface area contributed by atoms with E-state index in [0.717, 1.165) is 6.34 Å². The van der Waals surface area contributed by atoms with Gasteiger partial charge in [-0.3, -0.25) is 0 Å². The summed E-state index contributed by atoms with van der Waals surface area (Å²) in [6.07, 6.45) is 0.982. The van der Waals surface area contributed by atoms with Gasteiger partial charge in [0.2, 0.25) is 0 Å². The van der Waals surface area contributed by atoms with Crippen LogP contribution in [0.25, 0.3) is 0 Å². The molecule has 15 heavy (non-hydrogen) atoms. The maximum absolute atomic E-state index is 8.82. The zero-order valence-corrected chi connectivity index (χ0v) is 9.00. The van der Waals surface area contributed by atoms with Gasteiger partial charge in [0, 0.05) is 5.56 Å². The van der Waals surface area contributed by atoms with Gasteiger partial charge >= 0.3 is 0 Å². The topological polar surface area (TPSA) is 74.5 Å². The maximum atomic E-state index is 8.82. The molecule has 0 saturated heterocycles. The van der Waals surface area contributed by atoms with Crippen molar-refractivity contribution >= 4 is 35.3 Å². The third-order valence-corrected chi connectivity index (χ3v) is 2.36. The van der Waals surface area contributed by atoms with Gasteiger partial charge < -0.3 is 5.73 Å². The minimum absolute atomic E-state index is 0.0594. The van der Waals surface area contributed by atoms with Crippen LogP contribution in [0.3, 0.4) is 0 Å². The van der Waals surface area contributed by atoms with Crippen LogP contribution in [0.15, 0.2) is 28.4 Å². The smallest absolute Gasteiger partial charge is 0.171 e. The summed E-state index contributed by atoms with van der Waals surface area (Å²) < 4.78 is 0. The van der Waals surface area contributed by atoms with Crippen molar-refractivity contribution in [3.63, 3.8) is 0 Å². The van der Waals surface area contributed by atoms with Crippen LogP contribution in [0.4, 0.5) is 0 Å². The SMILES string of the molecule is N#C/C(=N\N=C/N)c1cccc(Cl)c1Cl. The van der Waals surface area contributed by atoms with Crippen molar-refractivity contribution in [1.29, 1.82) is 5.26 Å². The number of nitrogens with two attached hydrogens (primary N) is 1. The van der Waals surface area contributed by atoms with Crippen LogP contribution in [-0.2, 0) is 0 Å². The number of nitriles is 1. The summed E-state index contributed by atoms with van der Waals surface area (Å²) in [7, 11) is 0. The molecule has 2 N–H and O–H groups in total. The van der Waals surface area contributed by atoms with E-state index < -0.39 is 0 Å². The predicted molar refractivity (Wildman–Crippen MR) is 61.3 cm³/mol. The van der Waals surface area contributed by atoms with Crippen molar-refractivity contribution < 1.29 is 0 Å². The molecule has 1 rings (SSSR count). The molecule has 0 amide bonds. The number of nitrogens with zero attached hydrogens (tertiary/aromatic N) is 3. The van der Waals surface area contributed by atoms with Gasteiger partial charge in [-0.2, -0.15) is 5.26 Å². The maximum Gasteiger partial charge on any atom is 0.171 e. The highest BCUT2D eigenvalue weighted by atomic mass is 35.5. The fourth-order valence-corrected chi connectivity index (χ4v) is 1.30. The summed E-state index contributed by atoms with van der Waals surface area (Å²) in [5, 5.41) is 16.4. The average molecular weight is 241 g/mol. The van der Waals surface area contributed by atoms with Crippen LogP contribution in [0.1, 0.15) is 5.56 Å². The fraction of sp³-hybridized carbons (Fsp3) is 0. The van der Waals surface area contributed by atoms with Crippen molar-refractivity contribution in [2.24, 2.45) is 15.9 Å². The highest BCUT2D eigenvalue weighted by Gasteiger charge is 2.09. The number of halogens is 2. The predicted octanol–water partition coefficient (Wildman–Crippen LogP) is 2.21. The van der Waals surface area contributed by atoms with Crippen molar-refractivity contribution in [2.75, 3.05) is 0 Å². The summed E-state index contributed by atoms with van der Waals surface area (Å²) in [6.45, 7) is 0. The Morgan fingerprint density at radius 3 is 2.80 bits per heavy atom. The van der Waals surface area contributed by atoms with Crippen LogP contribution in [0.2, 0.25) is 10.0 Å². The molecule has 1 aromatic rings. The normalized spacial score (nSPS) is 11.7. The van der Waals surface area contributed by atoms with E-state index in [9.17, 15) is 0 Å². The van der Waals surface area contributed by atoms with Crippen molar-refractivity contribution in [3.8, 4) is 6.07 Å². The molecule has 0 atom stereocenters. The summed E-state index contributed by atoms with van der Waals surface area (Å²) in [5.74, 6) is 0. The summed E-state index contributed by atoms with van der Waals surface area (Å²) in [4.78, 5) is 0. The molecule has 0 aliphatic rings. The molecule has 0 radical (unpaired) electrons. The molecule has 0 unspecified atom stereocenters. The van der Waals surface area contributed by atoms with Crippen LogP contribution in [0.5, 0.6) is 0 Å². The molecule has 0 spiro atoms. The van der Waals surface area contributed by atoms with Gasteiger partial charge in [-0.25, -0.2) is 0 Å². The summed E-state index contributed by atoms with van der Waals surface area (Å²) in [6, 6.07) is 6.77. The fourth-order valence-electron chi connectivity index (χ4n) is 0.914. The third-order valence-electron chi connectivity index (χ3n) is 1.54. The number of benzene rings is 1. The van der Waals surface area contributed by atoms with E-state index in [2.05, 4.69) is 10.2 Å². The Kier molecular flexibility index (Phi) is 4.10. The molecular weight excluding hydrogens is 235 g/mol. The molecule has 0 aromatic heterocycles. The van der Waals surface area contributed by atoms with Gasteiger partial charge in [0.15, 0.2) is 5.71 Å². The molecule has 0 fully saturated rings. The highest BCUT2D eigenvalue weighted by Crippen LogP contribution is 2.25. The molecule has 6 heteroatoms. The van der Waals surface area contributed by atoms with E-state index in [1.807, 2.05) is 6.07 Å². The zero-order chi connectivity index (χ0) is 11.3. The first-order valence-corrected chi connectivity index (χ1v) is 4.62. The summed E-state index contributed by atoms with van der Waals surface area (Å²) >= 11 is 11.7. The van der Waals surface area contributed by atoms with Gasteiger partial charge in [0.25, 0.3) is 0 Å². The Balaban J connectivity index is 3.26. The molecule has 76 valence electrons. The van der Waals surface area contributed by atoms with E-state index in [0.29, 0.717) is 10.6 Å². The van der Waals surface area contributed by atoms with Gasteiger partial charge in [0.05, 0.1) is 10.0 Å². The first-order valence-electron chi connectivity index (χ1n) is 3.86. The second-order valence-corrected chi connectivity index (χ2v) is 3.21. The minimum Gasteiger partial charge on any atom is -0.388 e. The Morgan fingerprint density at radius 1 is 1.47 bits per heavy atom. The Bertz CT molecular complexity index is 460. The van der Waals surface area contributed by atoms with Crippen LogP contribution in [0, 0.1) is 11.3 Å². The lowest BCUT2D eigenvalue weighted by Crippen LogP contribution is -1.98. The number of hydrogen-bond acceptors (Lipinski definition) is 3. The van der Waals surface area contributed by atoms with Crippen molar-refractivity contribution in [1.82, 2.24) is 0 Å². The quantitative estimate of drug-likeness (QED) is 0.489. The van der Waals surface area contributed by atoms with Crippen molar-refractivity contribution in [3.05, 3.63) is 33.8 Å². The lowest BCUT2D eigenvalue weighted by Gasteiger charge is -2.01. The third kappa shape index (κ3) is 2.69. The Labute approximate surface area is 96.6 Å². The van der Waals surface area contributed by atoms with Gasteiger partial charge in [-0.1, -0.05) is 35.3 Å². The second kappa shape index (κ2) is 5.35. The van der Waals surface area contributed by atoms with Crippen LogP contribution in [-0.4, -0.2) is 12.1 Å². The number of hydrogen-bond donors (Lipinski definition) is 1. The molecule has 0 bridgehead atoms. The van der Waals surface area contributed by atoms with E-state index in [4.69, 9.17) is 34.2 Å². The molecule has 4 nitrogen and oxygen atoms in total. The Hall–Kier alpha value is -1.57. The van der Waals surface area contributed by atoms with E-state index in [-0.39, 0.29) is 10.7 Å². The molecule has 1 aromatic carbocycles. The first-order chi connectivity index (χ1) is 7.20. The molecule has 0 aliphatic carbocycles. The van der Waals surface area contributed by atoms with E-state index >= 15 is 0 Å². The van der Waals surface area contributed by atoms with Crippen LogP contribution < -0.4 is 5.73 Å². The van der Waals surface area contributed by atoms with Crippen molar-refractivity contribution in [2.45, 2.75) is 0 Å². The van der Waals surface area contributed by atoms with Gasteiger partial charge in [0.1, 0.15) is 12.4 Å². The van der Waals surface area contributed by atoms with E-state index in [1.165, 1.54) is 0 Å². The monoisotopic (exact) mass is 240 g/mol. The molecular formula is C9H6Cl2N4. The first kappa shape index (κ1) is 11.5.